The third kappa shape index (κ3) is 4.34. The molecule has 1 N–H and O–H groups in total. The van der Waals surface area contributed by atoms with Crippen molar-refractivity contribution in [3.8, 4) is 11.8 Å². The third-order valence-corrected chi connectivity index (χ3v) is 2.94. The number of halogens is 3. The maximum absolute atomic E-state index is 12.2. The fraction of sp³-hybridized carbons (Fsp3) is 0.500. The van der Waals surface area contributed by atoms with E-state index >= 15 is 0 Å². The van der Waals surface area contributed by atoms with Crippen molar-refractivity contribution >= 4 is 5.82 Å². The Bertz CT molecular complexity index is 558. The molecule has 1 unspecified atom stereocenters. The largest absolute Gasteiger partial charge is 0.425 e. The summed E-state index contributed by atoms with van der Waals surface area (Å²) < 4.78 is 41.9. The van der Waals surface area contributed by atoms with Crippen LogP contribution in [0.4, 0.5) is 19.0 Å². The number of nitrogens with zero attached hydrogens (tertiary/aromatic N) is 2. The molecule has 2 heterocycles. The van der Waals surface area contributed by atoms with E-state index in [9.17, 15) is 13.2 Å². The predicted molar refractivity (Wildman–Crippen MR) is 70.9 cm³/mol. The molecule has 1 saturated heterocycles. The summed E-state index contributed by atoms with van der Waals surface area (Å²) in [6.45, 7) is 4.34. The lowest BCUT2D eigenvalue weighted by molar-refractivity contribution is -0.184. The zero-order valence-corrected chi connectivity index (χ0v) is 11.4. The molecule has 0 bridgehead atoms. The van der Waals surface area contributed by atoms with Crippen LogP contribution in [0.3, 0.4) is 0 Å². The Morgan fingerprint density at radius 3 is 2.62 bits per heavy atom. The molecule has 1 aromatic rings. The van der Waals surface area contributed by atoms with Crippen molar-refractivity contribution < 1.29 is 23.0 Å². The van der Waals surface area contributed by atoms with Crippen molar-refractivity contribution in [1.82, 2.24) is 4.98 Å². The van der Waals surface area contributed by atoms with Crippen LogP contribution < -0.4 is 4.90 Å². The average molecular weight is 300 g/mol. The fourth-order valence-electron chi connectivity index (χ4n) is 1.89. The summed E-state index contributed by atoms with van der Waals surface area (Å²) in [6.07, 6.45) is -7.41. The molecule has 4 nitrogen and oxygen atoms in total. The summed E-state index contributed by atoms with van der Waals surface area (Å²) in [5.74, 6) is 4.71. The van der Waals surface area contributed by atoms with Crippen LogP contribution in [0.5, 0.6) is 0 Å². The number of aliphatic hydroxyl groups excluding tert-OH is 1. The number of rotatable bonds is 1. The first-order valence-electron chi connectivity index (χ1n) is 6.44. The number of aryl methyl sites for hydroxylation is 1. The van der Waals surface area contributed by atoms with E-state index in [1.165, 1.54) is 0 Å². The zero-order chi connectivity index (χ0) is 15.5. The van der Waals surface area contributed by atoms with E-state index < -0.39 is 12.3 Å². The van der Waals surface area contributed by atoms with Crippen LogP contribution in [-0.2, 0) is 4.74 Å². The Morgan fingerprint density at radius 2 is 2.00 bits per heavy atom. The first-order chi connectivity index (χ1) is 9.86. The molecular weight excluding hydrogens is 285 g/mol. The molecule has 0 amide bonds. The second kappa shape index (κ2) is 6.33. The number of aromatic nitrogens is 1. The summed E-state index contributed by atoms with van der Waals surface area (Å²) in [5.41, 5.74) is 1.05. The second-order valence-corrected chi connectivity index (χ2v) is 4.70. The van der Waals surface area contributed by atoms with Crippen LogP contribution in [-0.4, -0.2) is 48.7 Å². The van der Waals surface area contributed by atoms with Crippen LogP contribution in [0.1, 0.15) is 11.3 Å². The minimum absolute atomic E-state index is 0.208. The highest BCUT2D eigenvalue weighted by Crippen LogP contribution is 2.20. The highest BCUT2D eigenvalue weighted by atomic mass is 19.4. The van der Waals surface area contributed by atoms with Gasteiger partial charge < -0.3 is 14.7 Å². The van der Waals surface area contributed by atoms with Crippen LogP contribution in [0.2, 0.25) is 0 Å². The van der Waals surface area contributed by atoms with Crippen LogP contribution in [0.15, 0.2) is 12.1 Å². The van der Waals surface area contributed by atoms with Crippen molar-refractivity contribution in [2.24, 2.45) is 0 Å². The molecule has 0 aromatic carbocycles. The quantitative estimate of drug-likeness (QED) is 0.799. The van der Waals surface area contributed by atoms with Gasteiger partial charge in [-0.3, -0.25) is 0 Å². The van der Waals surface area contributed by atoms with Gasteiger partial charge in [0.1, 0.15) is 11.5 Å². The number of anilines is 1. The molecule has 1 atom stereocenters. The van der Waals surface area contributed by atoms with Gasteiger partial charge in [0, 0.05) is 13.1 Å². The first kappa shape index (κ1) is 15.6. The number of hydrogen-bond acceptors (Lipinski definition) is 4. The Hall–Kier alpha value is -1.78. The lowest BCUT2D eigenvalue weighted by Crippen LogP contribution is -2.36. The van der Waals surface area contributed by atoms with Crippen molar-refractivity contribution in [2.45, 2.75) is 19.2 Å². The standard InChI is InChI=1S/C14H15F3N2O2/c1-10-8-11(2-3-12(20)14(15,16)17)18-13(9-10)19-4-6-21-7-5-19/h8-9,12,20H,4-7H2,1H3. The molecular formula is C14H15F3N2O2. The first-order valence-corrected chi connectivity index (χ1v) is 6.44. The summed E-state index contributed by atoms with van der Waals surface area (Å²) >= 11 is 0. The number of aliphatic hydroxyl groups is 1. The van der Waals surface area contributed by atoms with Gasteiger partial charge in [0.15, 0.2) is 0 Å². The van der Waals surface area contributed by atoms with Crippen molar-refractivity contribution in [1.29, 1.82) is 0 Å². The summed E-state index contributed by atoms with van der Waals surface area (Å²) in [7, 11) is 0. The van der Waals surface area contributed by atoms with Crippen LogP contribution in [0, 0.1) is 18.8 Å². The number of pyridine rings is 1. The van der Waals surface area contributed by atoms with E-state index in [0.29, 0.717) is 32.1 Å². The van der Waals surface area contributed by atoms with Crippen molar-refractivity contribution in [2.75, 3.05) is 31.2 Å². The lowest BCUT2D eigenvalue weighted by Gasteiger charge is -2.28. The van der Waals surface area contributed by atoms with Gasteiger partial charge >= 0.3 is 6.18 Å². The van der Waals surface area contributed by atoms with E-state index in [2.05, 4.69) is 10.9 Å². The highest BCUT2D eigenvalue weighted by Gasteiger charge is 2.36. The Balaban J connectivity index is 2.21. The fourth-order valence-corrected chi connectivity index (χ4v) is 1.89. The normalized spacial score (nSPS) is 17.1. The molecule has 1 aliphatic rings. The number of alkyl halides is 3. The van der Waals surface area contributed by atoms with Gasteiger partial charge in [0.05, 0.1) is 13.2 Å². The van der Waals surface area contributed by atoms with Gasteiger partial charge in [0.25, 0.3) is 0 Å². The summed E-state index contributed by atoms with van der Waals surface area (Å²) in [4.78, 5) is 6.22. The molecule has 21 heavy (non-hydrogen) atoms. The van der Waals surface area contributed by atoms with Gasteiger partial charge in [-0.25, -0.2) is 4.98 Å². The van der Waals surface area contributed by atoms with Crippen molar-refractivity contribution in [3.63, 3.8) is 0 Å². The maximum atomic E-state index is 12.2. The molecule has 0 spiro atoms. The van der Waals surface area contributed by atoms with Gasteiger partial charge in [-0.1, -0.05) is 5.92 Å². The van der Waals surface area contributed by atoms with Gasteiger partial charge in [-0.05, 0) is 30.5 Å². The number of morpholine rings is 1. The van der Waals surface area contributed by atoms with Crippen molar-refractivity contribution in [3.05, 3.63) is 23.4 Å². The molecule has 0 radical (unpaired) electrons. The molecule has 7 heteroatoms. The average Bonchev–Trinajstić information content (AvgIpc) is 2.44. The Kier molecular flexibility index (Phi) is 4.70. The molecule has 1 aliphatic heterocycles. The molecule has 2 rings (SSSR count). The van der Waals surface area contributed by atoms with Gasteiger partial charge in [-0.2, -0.15) is 13.2 Å². The highest BCUT2D eigenvalue weighted by molar-refractivity contribution is 5.46. The molecule has 0 aliphatic carbocycles. The SMILES string of the molecule is Cc1cc(C#CC(O)C(F)(F)F)nc(N2CCOCC2)c1. The van der Waals surface area contributed by atoms with Crippen LogP contribution >= 0.6 is 0 Å². The molecule has 1 aromatic heterocycles. The van der Waals surface area contributed by atoms with Gasteiger partial charge in [-0.15, -0.1) is 0 Å². The Labute approximate surface area is 120 Å². The summed E-state index contributed by atoms with van der Waals surface area (Å²) in [6, 6.07) is 3.43. The predicted octanol–water partition coefficient (Wildman–Crippen LogP) is 1.50. The molecule has 1 fully saturated rings. The number of hydrogen-bond donors (Lipinski definition) is 1. The summed E-state index contributed by atoms with van der Waals surface area (Å²) in [5, 5.41) is 8.88. The smallest absolute Gasteiger partial charge is 0.378 e. The lowest BCUT2D eigenvalue weighted by atomic mass is 10.2. The Morgan fingerprint density at radius 1 is 1.33 bits per heavy atom. The zero-order valence-electron chi connectivity index (χ0n) is 11.4. The van der Waals surface area contributed by atoms with Crippen LogP contribution in [0.25, 0.3) is 0 Å². The van der Waals surface area contributed by atoms with E-state index in [0.717, 1.165) is 5.56 Å². The van der Waals surface area contributed by atoms with Gasteiger partial charge in [0.2, 0.25) is 6.10 Å². The minimum Gasteiger partial charge on any atom is -0.378 e. The number of ether oxygens (including phenoxy) is 1. The third-order valence-electron chi connectivity index (χ3n) is 2.94. The minimum atomic E-state index is -4.75. The maximum Gasteiger partial charge on any atom is 0.425 e. The topological polar surface area (TPSA) is 45.6 Å². The molecule has 114 valence electrons. The monoisotopic (exact) mass is 300 g/mol. The molecule has 0 saturated carbocycles. The van der Waals surface area contributed by atoms with E-state index in [1.54, 1.807) is 12.0 Å². The van der Waals surface area contributed by atoms with E-state index in [4.69, 9.17) is 9.84 Å². The second-order valence-electron chi connectivity index (χ2n) is 4.70. The van der Waals surface area contributed by atoms with E-state index in [-0.39, 0.29) is 5.69 Å². The van der Waals surface area contributed by atoms with E-state index in [1.807, 2.05) is 17.9 Å².